The number of ether oxygens (including phenoxy) is 2. The normalized spacial score (nSPS) is 33.6. The quantitative estimate of drug-likeness (QED) is 0.780. The maximum Gasteiger partial charge on any atom is 0.573 e. The highest BCUT2D eigenvalue weighted by Crippen LogP contribution is 2.54. The first kappa shape index (κ1) is 21.1. The third kappa shape index (κ3) is 3.82. The van der Waals surface area contributed by atoms with E-state index in [0.29, 0.717) is 25.0 Å². The SMILES string of the molecule is CC1C2Cc3ccc(OC(F)(F)F)cc3CN2C(=O)[C@]12CC[C@@H](NC1CCOCC1)C2. The summed E-state index contributed by atoms with van der Waals surface area (Å²) in [5, 5.41) is 3.76. The van der Waals surface area contributed by atoms with Crippen LogP contribution >= 0.6 is 0 Å². The molecule has 0 radical (unpaired) electrons. The lowest BCUT2D eigenvalue weighted by molar-refractivity contribution is -0.274. The Kier molecular flexibility index (Phi) is 5.20. The fourth-order valence-corrected chi connectivity index (χ4v) is 6.32. The minimum absolute atomic E-state index is 0.108. The molecule has 1 spiro atoms. The summed E-state index contributed by atoms with van der Waals surface area (Å²) >= 11 is 0. The molecule has 4 aliphatic rings. The first-order chi connectivity index (χ1) is 14.7. The number of nitrogens with one attached hydrogen (secondary N) is 1. The molecule has 8 heteroatoms. The third-order valence-corrected chi connectivity index (χ3v) is 7.96. The van der Waals surface area contributed by atoms with Crippen LogP contribution in [0.15, 0.2) is 18.2 Å². The number of fused-ring (bicyclic) bond motifs is 2. The van der Waals surface area contributed by atoms with E-state index in [1.165, 1.54) is 12.1 Å². The zero-order valence-corrected chi connectivity index (χ0v) is 17.7. The van der Waals surface area contributed by atoms with E-state index in [2.05, 4.69) is 17.0 Å². The fourth-order valence-electron chi connectivity index (χ4n) is 6.32. The lowest BCUT2D eigenvalue weighted by atomic mass is 9.73. The molecule has 2 saturated heterocycles. The smallest absolute Gasteiger partial charge is 0.406 e. The zero-order chi connectivity index (χ0) is 21.8. The van der Waals surface area contributed by atoms with Crippen molar-refractivity contribution in [2.24, 2.45) is 11.3 Å². The predicted octanol–water partition coefficient (Wildman–Crippen LogP) is 3.80. The number of hydrogen-bond acceptors (Lipinski definition) is 4. The van der Waals surface area contributed by atoms with E-state index in [-0.39, 0.29) is 29.0 Å². The molecule has 31 heavy (non-hydrogen) atoms. The van der Waals surface area contributed by atoms with Gasteiger partial charge in [0.25, 0.3) is 0 Å². The number of carbonyl (C=O) groups excluding carboxylic acids is 1. The van der Waals surface area contributed by atoms with Gasteiger partial charge in [-0.25, -0.2) is 0 Å². The van der Waals surface area contributed by atoms with Crippen molar-refractivity contribution >= 4 is 5.91 Å². The van der Waals surface area contributed by atoms with E-state index in [4.69, 9.17) is 4.74 Å². The Morgan fingerprint density at radius 3 is 2.68 bits per heavy atom. The second-order valence-electron chi connectivity index (χ2n) is 9.62. The summed E-state index contributed by atoms with van der Waals surface area (Å²) < 4.78 is 47.4. The molecule has 4 atom stereocenters. The van der Waals surface area contributed by atoms with Crippen LogP contribution in [0, 0.1) is 11.3 Å². The highest BCUT2D eigenvalue weighted by Gasteiger charge is 2.60. The van der Waals surface area contributed by atoms with Gasteiger partial charge in [-0.05, 0) is 67.7 Å². The Labute approximate surface area is 180 Å². The number of hydrogen-bond donors (Lipinski definition) is 1. The van der Waals surface area contributed by atoms with E-state index in [1.807, 2.05) is 4.90 Å². The van der Waals surface area contributed by atoms with Crippen LogP contribution in [0.4, 0.5) is 13.2 Å². The van der Waals surface area contributed by atoms with Gasteiger partial charge in [0.05, 0.1) is 5.41 Å². The average molecular weight is 438 g/mol. The molecule has 1 aromatic rings. The van der Waals surface area contributed by atoms with Gasteiger partial charge in [0, 0.05) is 37.9 Å². The summed E-state index contributed by atoms with van der Waals surface area (Å²) in [6.07, 6.45) is 0.706. The van der Waals surface area contributed by atoms with E-state index < -0.39 is 6.36 Å². The van der Waals surface area contributed by atoms with Crippen molar-refractivity contribution in [3.05, 3.63) is 29.3 Å². The largest absolute Gasteiger partial charge is 0.573 e. The molecular weight excluding hydrogens is 409 g/mol. The number of alkyl halides is 3. The van der Waals surface area contributed by atoms with E-state index >= 15 is 0 Å². The van der Waals surface area contributed by atoms with Gasteiger partial charge in [-0.15, -0.1) is 13.2 Å². The van der Waals surface area contributed by atoms with Crippen molar-refractivity contribution in [2.75, 3.05) is 13.2 Å². The Balaban J connectivity index is 1.31. The number of halogens is 3. The molecule has 5 rings (SSSR count). The van der Waals surface area contributed by atoms with E-state index in [1.54, 1.807) is 6.07 Å². The molecule has 1 saturated carbocycles. The molecule has 3 aliphatic heterocycles. The Morgan fingerprint density at radius 2 is 1.94 bits per heavy atom. The van der Waals surface area contributed by atoms with Gasteiger partial charge in [-0.2, -0.15) is 0 Å². The Hall–Kier alpha value is -1.80. The lowest BCUT2D eigenvalue weighted by Crippen LogP contribution is -2.42. The second-order valence-corrected chi connectivity index (χ2v) is 9.62. The molecule has 2 unspecified atom stereocenters. The van der Waals surface area contributed by atoms with Crippen LogP contribution in [0.2, 0.25) is 0 Å². The Morgan fingerprint density at radius 1 is 1.16 bits per heavy atom. The molecule has 170 valence electrons. The maximum absolute atomic E-state index is 13.6. The molecule has 1 amide bonds. The van der Waals surface area contributed by atoms with Crippen molar-refractivity contribution in [3.8, 4) is 5.75 Å². The van der Waals surface area contributed by atoms with Crippen LogP contribution in [-0.4, -0.2) is 48.5 Å². The number of amides is 1. The lowest BCUT2D eigenvalue weighted by Gasteiger charge is -2.33. The molecule has 3 heterocycles. The van der Waals surface area contributed by atoms with Gasteiger partial charge in [0.15, 0.2) is 0 Å². The van der Waals surface area contributed by atoms with Gasteiger partial charge in [-0.1, -0.05) is 13.0 Å². The van der Waals surface area contributed by atoms with Crippen LogP contribution < -0.4 is 10.1 Å². The van der Waals surface area contributed by atoms with E-state index in [9.17, 15) is 18.0 Å². The summed E-state index contributed by atoms with van der Waals surface area (Å²) in [7, 11) is 0. The fraction of sp³-hybridized carbons (Fsp3) is 0.696. The van der Waals surface area contributed by atoms with Gasteiger partial charge in [0.2, 0.25) is 5.91 Å². The number of rotatable bonds is 3. The number of nitrogens with zero attached hydrogens (tertiary/aromatic N) is 1. The number of carbonyl (C=O) groups is 1. The van der Waals surface area contributed by atoms with Crippen molar-refractivity contribution in [2.45, 2.75) is 76.5 Å². The molecule has 1 aromatic carbocycles. The minimum Gasteiger partial charge on any atom is -0.406 e. The molecule has 1 N–H and O–H groups in total. The molecule has 5 nitrogen and oxygen atoms in total. The van der Waals surface area contributed by atoms with Gasteiger partial charge < -0.3 is 19.7 Å². The standard InChI is InChI=1S/C23H29F3N2O3/c1-14-20-11-15-2-3-19(31-23(24,25)26)10-16(15)13-28(20)21(29)22(14)7-4-18(12-22)27-17-5-8-30-9-6-17/h2-3,10,14,17-18,20,27H,4-9,11-13H2,1H3/t14?,18-,20?,22+/m1/s1. The minimum atomic E-state index is -4.72. The van der Waals surface area contributed by atoms with E-state index in [0.717, 1.165) is 56.4 Å². The zero-order valence-electron chi connectivity index (χ0n) is 17.7. The van der Waals surface area contributed by atoms with Crippen LogP contribution in [-0.2, 0) is 22.5 Å². The van der Waals surface area contributed by atoms with Crippen molar-refractivity contribution in [1.82, 2.24) is 10.2 Å². The van der Waals surface area contributed by atoms with Crippen LogP contribution in [0.25, 0.3) is 0 Å². The van der Waals surface area contributed by atoms with Crippen LogP contribution in [0.1, 0.15) is 50.2 Å². The van der Waals surface area contributed by atoms with Crippen LogP contribution in [0.3, 0.4) is 0 Å². The van der Waals surface area contributed by atoms with Crippen molar-refractivity contribution in [1.29, 1.82) is 0 Å². The average Bonchev–Trinajstić information content (AvgIpc) is 3.23. The molecule has 0 aromatic heterocycles. The second kappa shape index (κ2) is 7.66. The van der Waals surface area contributed by atoms with Gasteiger partial charge >= 0.3 is 6.36 Å². The highest BCUT2D eigenvalue weighted by atomic mass is 19.4. The van der Waals surface area contributed by atoms with Gasteiger partial charge in [0.1, 0.15) is 5.75 Å². The first-order valence-corrected chi connectivity index (χ1v) is 11.3. The predicted molar refractivity (Wildman–Crippen MR) is 107 cm³/mol. The van der Waals surface area contributed by atoms with Crippen molar-refractivity contribution < 1.29 is 27.4 Å². The Bertz CT molecular complexity index is 855. The molecule has 0 bridgehead atoms. The van der Waals surface area contributed by atoms with Crippen LogP contribution in [0.5, 0.6) is 5.75 Å². The molecule has 3 fully saturated rings. The van der Waals surface area contributed by atoms with Crippen molar-refractivity contribution in [3.63, 3.8) is 0 Å². The monoisotopic (exact) mass is 438 g/mol. The summed E-state index contributed by atoms with van der Waals surface area (Å²) in [6, 6.07) is 5.44. The highest BCUT2D eigenvalue weighted by molar-refractivity contribution is 5.87. The summed E-state index contributed by atoms with van der Waals surface area (Å²) in [5.41, 5.74) is 1.41. The van der Waals surface area contributed by atoms with Gasteiger partial charge in [-0.3, -0.25) is 4.79 Å². The topological polar surface area (TPSA) is 50.8 Å². The number of benzene rings is 1. The third-order valence-electron chi connectivity index (χ3n) is 7.96. The molecular formula is C23H29F3N2O3. The summed E-state index contributed by atoms with van der Waals surface area (Å²) in [5.74, 6) is 0.176. The maximum atomic E-state index is 13.6. The summed E-state index contributed by atoms with van der Waals surface area (Å²) in [4.78, 5) is 15.5. The molecule has 1 aliphatic carbocycles. The summed E-state index contributed by atoms with van der Waals surface area (Å²) in [6.45, 7) is 4.13. The first-order valence-electron chi connectivity index (χ1n) is 11.3.